The number of thiophene rings is 1. The van der Waals surface area contributed by atoms with Gasteiger partial charge in [-0.05, 0) is 50.5 Å². The molecule has 0 radical (unpaired) electrons. The molecule has 1 atom stereocenters. The highest BCUT2D eigenvalue weighted by molar-refractivity contribution is 7.20. The molecular formula is C31H42N8O7S. The van der Waals surface area contributed by atoms with Crippen LogP contribution in [0.4, 0.5) is 0 Å². The number of carbonyl (C=O) groups is 5. The largest absolute Gasteiger partial charge is 0.483 e. The van der Waals surface area contributed by atoms with E-state index in [0.717, 1.165) is 29.0 Å². The van der Waals surface area contributed by atoms with E-state index in [1.54, 1.807) is 18.7 Å². The molecule has 3 aromatic rings. The summed E-state index contributed by atoms with van der Waals surface area (Å²) in [6, 6.07) is -0.170. The Balaban J connectivity index is 0.00000160. The van der Waals surface area contributed by atoms with Crippen molar-refractivity contribution in [3.05, 3.63) is 44.1 Å². The Bertz CT molecular complexity index is 1710. The lowest BCUT2D eigenvalue weighted by molar-refractivity contribution is -0.135. The fourth-order valence-electron chi connectivity index (χ4n) is 6.07. The van der Waals surface area contributed by atoms with E-state index in [4.69, 9.17) is 9.90 Å². The molecule has 15 nitrogen and oxygen atoms in total. The number of hydrogen-bond donors (Lipinski definition) is 3. The average Bonchev–Trinajstić information content (AvgIpc) is 3.54. The second kappa shape index (κ2) is 15.3. The van der Waals surface area contributed by atoms with E-state index < -0.39 is 0 Å². The Kier molecular flexibility index (Phi) is 11.5. The molecule has 3 N–H and O–H groups in total. The van der Waals surface area contributed by atoms with Gasteiger partial charge in [-0.2, -0.15) is 5.10 Å². The SMILES string of the molecule is Cc1c(C(=O)N2CCCNC(=O)CN(C)C(=O)c3nn(C)c4c3CC(CC4)N(CCC(C)C)C(=O)C2)sc2nc[nH]c(=O)c12.O=CO. The average molecular weight is 671 g/mol. The van der Waals surface area contributed by atoms with Gasteiger partial charge in [0, 0.05) is 51.0 Å². The summed E-state index contributed by atoms with van der Waals surface area (Å²) in [6.45, 7) is 6.42. The van der Waals surface area contributed by atoms with Gasteiger partial charge < -0.3 is 30.1 Å². The first-order valence-corrected chi connectivity index (χ1v) is 16.4. The topological polar surface area (TPSA) is 191 Å². The summed E-state index contributed by atoms with van der Waals surface area (Å²) < 4.78 is 1.73. The number of carboxylic acid groups (broad SMARTS) is 1. The van der Waals surface area contributed by atoms with Gasteiger partial charge in [-0.15, -0.1) is 11.3 Å². The molecule has 4 heterocycles. The summed E-state index contributed by atoms with van der Waals surface area (Å²) in [6.07, 6.45) is 4.33. The molecule has 1 aliphatic heterocycles. The maximum Gasteiger partial charge on any atom is 0.290 e. The Morgan fingerprint density at radius 1 is 1.19 bits per heavy atom. The fraction of sp³-hybridized carbons (Fsp3) is 0.548. The van der Waals surface area contributed by atoms with Gasteiger partial charge in [0.05, 0.1) is 23.1 Å². The van der Waals surface area contributed by atoms with Crippen LogP contribution in [-0.2, 0) is 34.3 Å². The monoisotopic (exact) mass is 670 g/mol. The molecule has 0 fully saturated rings. The predicted octanol–water partition coefficient (Wildman–Crippen LogP) is 1.19. The van der Waals surface area contributed by atoms with Crippen LogP contribution in [0, 0.1) is 12.8 Å². The first-order chi connectivity index (χ1) is 22.4. The van der Waals surface area contributed by atoms with Crippen LogP contribution in [0.15, 0.2) is 11.1 Å². The molecule has 4 amide bonds. The quantitative estimate of drug-likeness (QED) is 0.342. The van der Waals surface area contributed by atoms with Gasteiger partial charge in [0.2, 0.25) is 11.8 Å². The Morgan fingerprint density at radius 3 is 2.60 bits per heavy atom. The minimum absolute atomic E-state index is 0.127. The summed E-state index contributed by atoms with van der Waals surface area (Å²) in [4.78, 5) is 87.6. The number of carbonyl (C=O) groups excluding carboxylic acids is 4. The van der Waals surface area contributed by atoms with Gasteiger partial charge in [-0.25, -0.2) is 4.98 Å². The summed E-state index contributed by atoms with van der Waals surface area (Å²) in [5.74, 6) is -0.809. The van der Waals surface area contributed by atoms with Crippen LogP contribution in [0.25, 0.3) is 10.2 Å². The third-order valence-electron chi connectivity index (χ3n) is 8.53. The smallest absolute Gasteiger partial charge is 0.290 e. The van der Waals surface area contributed by atoms with Gasteiger partial charge in [-0.3, -0.25) is 33.4 Å². The summed E-state index contributed by atoms with van der Waals surface area (Å²) >= 11 is 1.14. The molecule has 1 unspecified atom stereocenters. The molecule has 0 saturated carbocycles. The van der Waals surface area contributed by atoms with Crippen molar-refractivity contribution < 1.29 is 29.1 Å². The third kappa shape index (κ3) is 7.86. The minimum Gasteiger partial charge on any atom is -0.483 e. The van der Waals surface area contributed by atoms with E-state index in [9.17, 15) is 24.0 Å². The Labute approximate surface area is 275 Å². The number of aromatic nitrogens is 4. The summed E-state index contributed by atoms with van der Waals surface area (Å²) in [5, 5.41) is 14.6. The summed E-state index contributed by atoms with van der Waals surface area (Å²) in [7, 11) is 3.40. The highest BCUT2D eigenvalue weighted by Crippen LogP contribution is 2.30. The number of aromatic amines is 1. The number of nitrogens with zero attached hydrogens (tertiary/aromatic N) is 6. The molecule has 0 saturated heterocycles. The second-order valence-corrected chi connectivity index (χ2v) is 13.2. The zero-order valence-electron chi connectivity index (χ0n) is 27.4. The van der Waals surface area contributed by atoms with Crippen LogP contribution in [-0.4, -0.2) is 115 Å². The highest BCUT2D eigenvalue weighted by atomic mass is 32.1. The molecule has 254 valence electrons. The van der Waals surface area contributed by atoms with E-state index in [1.165, 1.54) is 16.1 Å². The van der Waals surface area contributed by atoms with Gasteiger partial charge in [0.15, 0.2) is 5.69 Å². The van der Waals surface area contributed by atoms with E-state index in [1.807, 2.05) is 11.9 Å². The van der Waals surface area contributed by atoms with Crippen LogP contribution in [0.5, 0.6) is 0 Å². The molecule has 0 spiro atoms. The summed E-state index contributed by atoms with van der Waals surface area (Å²) in [5.41, 5.74) is 2.30. The third-order valence-corrected chi connectivity index (χ3v) is 9.72. The lowest BCUT2D eigenvalue weighted by Gasteiger charge is -2.36. The van der Waals surface area contributed by atoms with Crippen molar-refractivity contribution >= 4 is 51.7 Å². The molecular weight excluding hydrogens is 628 g/mol. The zero-order valence-corrected chi connectivity index (χ0v) is 28.2. The van der Waals surface area contributed by atoms with Crippen molar-refractivity contribution in [1.29, 1.82) is 0 Å². The number of fused-ring (bicyclic) bond motifs is 2. The maximum absolute atomic E-state index is 14.2. The minimum atomic E-state index is -0.347. The van der Waals surface area contributed by atoms with E-state index in [2.05, 4.69) is 34.2 Å². The van der Waals surface area contributed by atoms with Crippen molar-refractivity contribution in [2.75, 3.05) is 39.8 Å². The highest BCUT2D eigenvalue weighted by Gasteiger charge is 2.35. The number of amides is 4. The molecule has 2 bridgehead atoms. The number of aryl methyl sites for hydroxylation is 2. The van der Waals surface area contributed by atoms with Gasteiger partial charge in [-0.1, -0.05) is 13.8 Å². The Morgan fingerprint density at radius 2 is 1.91 bits per heavy atom. The first-order valence-electron chi connectivity index (χ1n) is 15.6. The predicted molar refractivity (Wildman–Crippen MR) is 174 cm³/mol. The van der Waals surface area contributed by atoms with Crippen LogP contribution in [0.1, 0.15) is 70.1 Å². The maximum atomic E-state index is 14.2. The molecule has 16 heteroatoms. The Hall–Kier alpha value is -4.60. The van der Waals surface area contributed by atoms with Crippen molar-refractivity contribution in [1.82, 2.24) is 39.8 Å². The van der Waals surface area contributed by atoms with Crippen LogP contribution in [0.3, 0.4) is 0 Å². The van der Waals surface area contributed by atoms with Gasteiger partial charge >= 0.3 is 0 Å². The van der Waals surface area contributed by atoms with E-state index in [-0.39, 0.29) is 67.9 Å². The fourth-order valence-corrected chi connectivity index (χ4v) is 7.19. The number of rotatable bonds is 4. The van der Waals surface area contributed by atoms with E-state index >= 15 is 0 Å². The second-order valence-electron chi connectivity index (χ2n) is 12.2. The van der Waals surface area contributed by atoms with E-state index in [0.29, 0.717) is 64.5 Å². The van der Waals surface area contributed by atoms with Crippen molar-refractivity contribution in [3.63, 3.8) is 0 Å². The van der Waals surface area contributed by atoms with Crippen molar-refractivity contribution in [3.8, 4) is 0 Å². The molecule has 47 heavy (non-hydrogen) atoms. The van der Waals surface area contributed by atoms with Gasteiger partial charge in [0.1, 0.15) is 11.4 Å². The molecule has 0 aromatic carbocycles. The number of H-pyrrole nitrogens is 1. The molecule has 3 aromatic heterocycles. The number of hydrogen-bond acceptors (Lipinski definition) is 9. The number of likely N-dealkylation sites (N-methyl/N-ethyl adjacent to an activating group) is 1. The first kappa shape index (κ1) is 35.3. The number of nitrogens with one attached hydrogen (secondary N) is 2. The molecule has 1 aliphatic carbocycles. The molecule has 2 aliphatic rings. The lowest BCUT2D eigenvalue weighted by Crippen LogP contribution is -2.50. The normalized spacial score (nSPS) is 17.9. The standard InChI is InChI=1S/C30H40N8O5S.CH2O2/c1-17(2)9-12-38-19-7-8-21-20(13-19)25(34-36(21)5)29(42)35(4)14-22(39)31-10-6-11-37(15-23(38)40)30(43)26-18(3)24-27(41)32-16-33-28(24)44-26;2-1-3/h16-17,19H,6-15H2,1-5H3,(H,31,39)(H,32,33,41);1H,(H,2,3). The van der Waals surface area contributed by atoms with Crippen LogP contribution < -0.4 is 10.9 Å². The van der Waals surface area contributed by atoms with Crippen molar-refractivity contribution in [2.24, 2.45) is 13.0 Å². The van der Waals surface area contributed by atoms with Crippen LogP contribution >= 0.6 is 11.3 Å². The molecule has 5 rings (SSSR count). The zero-order chi connectivity index (χ0) is 34.4. The lowest BCUT2D eigenvalue weighted by atomic mass is 9.89. The van der Waals surface area contributed by atoms with Crippen LogP contribution in [0.2, 0.25) is 0 Å². The van der Waals surface area contributed by atoms with Gasteiger partial charge in [0.25, 0.3) is 23.8 Å². The van der Waals surface area contributed by atoms with Crippen molar-refractivity contribution in [2.45, 2.75) is 58.9 Å².